The van der Waals surface area contributed by atoms with Crippen molar-refractivity contribution in [3.05, 3.63) is 55.6 Å². The Morgan fingerprint density at radius 1 is 1.42 bits per heavy atom. The van der Waals surface area contributed by atoms with Crippen LogP contribution in [0, 0.1) is 0 Å². The molecular weight excluding hydrogens is 344 g/mol. The van der Waals surface area contributed by atoms with E-state index in [9.17, 15) is 0 Å². The van der Waals surface area contributed by atoms with E-state index in [2.05, 4.69) is 45.4 Å². The summed E-state index contributed by atoms with van der Waals surface area (Å²) in [6, 6.07) is 10.3. The molecule has 0 fully saturated rings. The number of benzene rings is 1. The van der Waals surface area contributed by atoms with Gasteiger partial charge in [-0.1, -0.05) is 29.8 Å². The molecule has 2 aromatic rings. The van der Waals surface area contributed by atoms with Crippen molar-refractivity contribution < 1.29 is 0 Å². The van der Waals surface area contributed by atoms with Crippen LogP contribution < -0.4 is 5.73 Å². The molecule has 1 unspecified atom stereocenters. The van der Waals surface area contributed by atoms with Gasteiger partial charge in [-0.2, -0.15) is 0 Å². The summed E-state index contributed by atoms with van der Waals surface area (Å²) < 4.78 is 1.11. The van der Waals surface area contributed by atoms with E-state index < -0.39 is 0 Å². The van der Waals surface area contributed by atoms with Gasteiger partial charge in [0.1, 0.15) is 0 Å². The first-order valence-electron chi connectivity index (χ1n) is 5.99. The van der Waals surface area contributed by atoms with E-state index in [1.54, 1.807) is 11.3 Å². The van der Waals surface area contributed by atoms with E-state index >= 15 is 0 Å². The van der Waals surface area contributed by atoms with Crippen LogP contribution in [-0.4, -0.2) is 18.5 Å². The molecule has 19 heavy (non-hydrogen) atoms. The van der Waals surface area contributed by atoms with Crippen molar-refractivity contribution in [3.63, 3.8) is 0 Å². The fourth-order valence-electron chi connectivity index (χ4n) is 2.02. The first-order valence-corrected chi connectivity index (χ1v) is 8.04. The molecule has 0 bridgehead atoms. The van der Waals surface area contributed by atoms with Crippen molar-refractivity contribution in [2.45, 2.75) is 12.6 Å². The lowest BCUT2D eigenvalue weighted by molar-refractivity contribution is 0.245. The Hall–Kier alpha value is -0.390. The number of thiophene rings is 1. The van der Waals surface area contributed by atoms with Gasteiger partial charge in [-0.25, -0.2) is 0 Å². The maximum Gasteiger partial charge on any atom is 0.0565 e. The van der Waals surface area contributed by atoms with Gasteiger partial charge in [-0.05, 0) is 40.7 Å². The van der Waals surface area contributed by atoms with Crippen molar-refractivity contribution in [3.8, 4) is 0 Å². The third kappa shape index (κ3) is 3.80. The third-order valence-electron chi connectivity index (χ3n) is 3.05. The maximum absolute atomic E-state index is 6.20. The predicted octanol–water partition coefficient (Wildman–Crippen LogP) is 4.30. The summed E-state index contributed by atoms with van der Waals surface area (Å²) >= 11 is 11.4. The molecule has 0 radical (unpaired) electrons. The van der Waals surface area contributed by atoms with Crippen LogP contribution in [0.4, 0.5) is 0 Å². The number of rotatable bonds is 5. The van der Waals surface area contributed by atoms with Gasteiger partial charge < -0.3 is 5.73 Å². The van der Waals surface area contributed by atoms with Crippen molar-refractivity contribution in [2.75, 3.05) is 13.6 Å². The molecule has 0 aliphatic rings. The number of nitrogens with zero attached hydrogens (tertiary/aromatic N) is 1. The fourth-order valence-corrected chi connectivity index (χ4v) is 3.84. The van der Waals surface area contributed by atoms with Gasteiger partial charge >= 0.3 is 0 Å². The van der Waals surface area contributed by atoms with Gasteiger partial charge in [0.15, 0.2) is 0 Å². The van der Waals surface area contributed by atoms with Crippen molar-refractivity contribution >= 4 is 38.9 Å². The third-order valence-corrected chi connectivity index (χ3v) is 5.21. The Balaban J connectivity index is 2.13. The highest BCUT2D eigenvalue weighted by atomic mass is 79.9. The standard InChI is InChI=1S/C14H16BrClN2S/c1-18(8-10-4-2-3-5-12(10)16)13(7-17)14-6-11(15)9-19-14/h2-6,9,13H,7-8,17H2,1H3. The van der Waals surface area contributed by atoms with E-state index in [-0.39, 0.29) is 6.04 Å². The Morgan fingerprint density at radius 3 is 2.74 bits per heavy atom. The molecule has 1 heterocycles. The quantitative estimate of drug-likeness (QED) is 0.862. The predicted molar refractivity (Wildman–Crippen MR) is 86.7 cm³/mol. The summed E-state index contributed by atoms with van der Waals surface area (Å²) in [5.74, 6) is 0. The number of hydrogen-bond donors (Lipinski definition) is 1. The summed E-state index contributed by atoms with van der Waals surface area (Å²) in [7, 11) is 2.08. The van der Waals surface area contributed by atoms with Crippen LogP contribution in [0.1, 0.15) is 16.5 Å². The van der Waals surface area contributed by atoms with Crippen LogP contribution in [-0.2, 0) is 6.54 Å². The summed E-state index contributed by atoms with van der Waals surface area (Å²) in [5, 5.41) is 2.89. The van der Waals surface area contributed by atoms with E-state index in [1.165, 1.54) is 4.88 Å². The summed E-state index contributed by atoms with van der Waals surface area (Å²) in [4.78, 5) is 3.50. The molecular formula is C14H16BrClN2S. The van der Waals surface area contributed by atoms with Gasteiger partial charge in [-0.3, -0.25) is 4.90 Å². The minimum absolute atomic E-state index is 0.215. The zero-order valence-corrected chi connectivity index (χ0v) is 13.8. The second kappa shape index (κ2) is 6.86. The molecule has 102 valence electrons. The number of hydrogen-bond acceptors (Lipinski definition) is 3. The monoisotopic (exact) mass is 358 g/mol. The van der Waals surface area contributed by atoms with Crippen LogP contribution in [0.2, 0.25) is 5.02 Å². The molecule has 2 rings (SSSR count). The molecule has 2 nitrogen and oxygen atoms in total. The minimum atomic E-state index is 0.215. The molecule has 0 amide bonds. The van der Waals surface area contributed by atoms with Gasteiger partial charge in [0.2, 0.25) is 0 Å². The number of likely N-dealkylation sites (N-methyl/N-ethyl adjacent to an activating group) is 1. The first-order chi connectivity index (χ1) is 9.11. The summed E-state index contributed by atoms with van der Waals surface area (Å²) in [6.07, 6.45) is 0. The fraction of sp³-hybridized carbons (Fsp3) is 0.286. The molecule has 1 aromatic heterocycles. The van der Waals surface area contributed by atoms with Crippen LogP contribution in [0.15, 0.2) is 40.2 Å². The molecule has 0 spiro atoms. The van der Waals surface area contributed by atoms with Gasteiger partial charge in [-0.15, -0.1) is 11.3 Å². The average molecular weight is 360 g/mol. The van der Waals surface area contributed by atoms with E-state index in [4.69, 9.17) is 17.3 Å². The first kappa shape index (κ1) is 15.0. The Bertz CT molecular complexity index is 544. The van der Waals surface area contributed by atoms with Crippen LogP contribution >= 0.6 is 38.9 Å². The molecule has 1 aromatic carbocycles. The Morgan fingerprint density at radius 2 is 2.16 bits per heavy atom. The SMILES string of the molecule is CN(Cc1ccccc1Cl)C(CN)c1cc(Br)cs1. The van der Waals surface area contributed by atoms with Crippen LogP contribution in [0.25, 0.3) is 0 Å². The second-order valence-corrected chi connectivity index (χ2v) is 6.69. The smallest absolute Gasteiger partial charge is 0.0565 e. The highest BCUT2D eigenvalue weighted by molar-refractivity contribution is 9.10. The van der Waals surface area contributed by atoms with Gasteiger partial charge in [0, 0.05) is 32.8 Å². The lowest BCUT2D eigenvalue weighted by Gasteiger charge is -2.26. The van der Waals surface area contributed by atoms with Crippen molar-refractivity contribution in [1.82, 2.24) is 4.90 Å². The summed E-state index contributed by atoms with van der Waals surface area (Å²) in [5.41, 5.74) is 7.05. The highest BCUT2D eigenvalue weighted by Crippen LogP contribution is 2.29. The van der Waals surface area contributed by atoms with E-state index in [1.807, 2.05) is 18.2 Å². The molecule has 5 heteroatoms. The second-order valence-electron chi connectivity index (χ2n) is 4.43. The van der Waals surface area contributed by atoms with Crippen LogP contribution in [0.3, 0.4) is 0 Å². The highest BCUT2D eigenvalue weighted by Gasteiger charge is 2.18. The molecule has 0 saturated carbocycles. The topological polar surface area (TPSA) is 29.3 Å². The maximum atomic E-state index is 6.20. The zero-order chi connectivity index (χ0) is 13.8. The minimum Gasteiger partial charge on any atom is -0.329 e. The van der Waals surface area contributed by atoms with Crippen molar-refractivity contribution in [2.24, 2.45) is 5.73 Å². The Kier molecular flexibility index (Phi) is 5.42. The van der Waals surface area contributed by atoms with E-state index in [0.29, 0.717) is 6.54 Å². The number of nitrogens with two attached hydrogens (primary N) is 1. The molecule has 1 atom stereocenters. The Labute approximate surface area is 131 Å². The van der Waals surface area contributed by atoms with Crippen LogP contribution in [0.5, 0.6) is 0 Å². The normalized spacial score (nSPS) is 12.9. The molecule has 0 aliphatic heterocycles. The number of halogens is 2. The van der Waals surface area contributed by atoms with Crippen molar-refractivity contribution in [1.29, 1.82) is 0 Å². The molecule has 2 N–H and O–H groups in total. The summed E-state index contributed by atoms with van der Waals surface area (Å²) in [6.45, 7) is 1.38. The lowest BCUT2D eigenvalue weighted by atomic mass is 10.1. The van der Waals surface area contributed by atoms with Gasteiger partial charge in [0.25, 0.3) is 0 Å². The lowest BCUT2D eigenvalue weighted by Crippen LogP contribution is -2.29. The molecule has 0 aliphatic carbocycles. The van der Waals surface area contributed by atoms with E-state index in [0.717, 1.165) is 21.6 Å². The zero-order valence-electron chi connectivity index (χ0n) is 10.6. The van der Waals surface area contributed by atoms with Gasteiger partial charge in [0.05, 0.1) is 6.04 Å². The molecule has 0 saturated heterocycles. The average Bonchev–Trinajstić information content (AvgIpc) is 2.80. The largest absolute Gasteiger partial charge is 0.329 e.